The van der Waals surface area contributed by atoms with E-state index in [1.165, 1.54) is 24.3 Å². The second kappa shape index (κ2) is 7.87. The Morgan fingerprint density at radius 2 is 1.68 bits per heavy atom. The van der Waals surface area contributed by atoms with Gasteiger partial charge in [-0.15, -0.1) is 0 Å². The van der Waals surface area contributed by atoms with E-state index in [0.29, 0.717) is 19.1 Å². The van der Waals surface area contributed by atoms with E-state index < -0.39 is 11.9 Å². The molecule has 0 saturated carbocycles. The van der Waals surface area contributed by atoms with Crippen LogP contribution in [0.4, 0.5) is 14.5 Å². The van der Waals surface area contributed by atoms with Gasteiger partial charge in [-0.25, -0.2) is 8.78 Å². The summed E-state index contributed by atoms with van der Waals surface area (Å²) in [4.78, 5) is 16.3. The Balaban J connectivity index is 1.42. The van der Waals surface area contributed by atoms with E-state index in [9.17, 15) is 18.7 Å². The number of piperidine rings is 1. The van der Waals surface area contributed by atoms with Crippen molar-refractivity contribution in [3.05, 3.63) is 65.7 Å². The van der Waals surface area contributed by atoms with E-state index in [1.807, 2.05) is 6.07 Å². The fourth-order valence-electron chi connectivity index (χ4n) is 4.60. The molecule has 2 aromatic carbocycles. The molecule has 4 rings (SSSR count). The molecular formula is C22H24F2N2O2. The maximum atomic E-state index is 13.6. The molecule has 0 spiro atoms. The first-order valence-electron chi connectivity index (χ1n) is 9.74. The van der Waals surface area contributed by atoms with Crippen LogP contribution in [-0.2, 0) is 4.79 Å². The number of hydrogen-bond donors (Lipinski definition) is 1. The van der Waals surface area contributed by atoms with Gasteiger partial charge in [-0.2, -0.15) is 0 Å². The molecule has 2 saturated heterocycles. The van der Waals surface area contributed by atoms with Gasteiger partial charge in [-0.05, 0) is 54.8 Å². The quantitative estimate of drug-likeness (QED) is 0.870. The predicted octanol–water partition coefficient (Wildman–Crippen LogP) is 3.73. The maximum absolute atomic E-state index is 13.6. The Labute approximate surface area is 163 Å². The van der Waals surface area contributed by atoms with Crippen molar-refractivity contribution >= 4 is 11.7 Å². The van der Waals surface area contributed by atoms with Gasteiger partial charge in [0.2, 0.25) is 0 Å². The molecule has 4 nitrogen and oxygen atoms in total. The molecule has 2 aromatic rings. The van der Waals surface area contributed by atoms with E-state index in [1.54, 1.807) is 18.2 Å². The van der Waals surface area contributed by atoms with Crippen LogP contribution in [0.1, 0.15) is 24.3 Å². The SMILES string of the molecule is O=C(O)[C@@H]1CN(C2CCN(c3ccc(F)cc3)CC2)C[C@H]1c1cccc(F)c1. The lowest BCUT2D eigenvalue weighted by atomic mass is 9.89. The minimum Gasteiger partial charge on any atom is -0.481 e. The molecule has 0 amide bonds. The van der Waals surface area contributed by atoms with Gasteiger partial charge in [0.05, 0.1) is 5.92 Å². The first kappa shape index (κ1) is 18.9. The van der Waals surface area contributed by atoms with Crippen molar-refractivity contribution in [1.29, 1.82) is 0 Å². The van der Waals surface area contributed by atoms with Crippen molar-refractivity contribution in [2.24, 2.45) is 5.92 Å². The first-order valence-corrected chi connectivity index (χ1v) is 9.74. The van der Waals surface area contributed by atoms with Crippen LogP contribution >= 0.6 is 0 Å². The molecule has 148 valence electrons. The fourth-order valence-corrected chi connectivity index (χ4v) is 4.60. The predicted molar refractivity (Wildman–Crippen MR) is 103 cm³/mol. The average molecular weight is 386 g/mol. The van der Waals surface area contributed by atoms with Crippen LogP contribution in [0.3, 0.4) is 0 Å². The highest BCUT2D eigenvalue weighted by Gasteiger charge is 2.41. The van der Waals surface area contributed by atoms with Crippen LogP contribution in [0, 0.1) is 17.6 Å². The fraction of sp³-hybridized carbons (Fsp3) is 0.409. The zero-order valence-electron chi connectivity index (χ0n) is 15.6. The van der Waals surface area contributed by atoms with Gasteiger partial charge in [0.1, 0.15) is 11.6 Å². The molecule has 0 radical (unpaired) electrons. The zero-order valence-corrected chi connectivity index (χ0v) is 15.6. The number of carboxylic acid groups (broad SMARTS) is 1. The Morgan fingerprint density at radius 3 is 2.32 bits per heavy atom. The van der Waals surface area contributed by atoms with Gasteiger partial charge in [0, 0.05) is 43.8 Å². The number of hydrogen-bond acceptors (Lipinski definition) is 3. The van der Waals surface area contributed by atoms with Crippen molar-refractivity contribution < 1.29 is 18.7 Å². The summed E-state index contributed by atoms with van der Waals surface area (Å²) in [5, 5.41) is 9.68. The van der Waals surface area contributed by atoms with Crippen molar-refractivity contribution in [2.45, 2.75) is 24.8 Å². The first-order chi connectivity index (χ1) is 13.5. The summed E-state index contributed by atoms with van der Waals surface area (Å²) in [6.07, 6.45) is 1.86. The summed E-state index contributed by atoms with van der Waals surface area (Å²) < 4.78 is 26.8. The molecule has 2 heterocycles. The van der Waals surface area contributed by atoms with Crippen LogP contribution in [-0.4, -0.2) is 48.2 Å². The van der Waals surface area contributed by atoms with Crippen LogP contribution in [0.2, 0.25) is 0 Å². The van der Waals surface area contributed by atoms with Crippen molar-refractivity contribution in [3.63, 3.8) is 0 Å². The van der Waals surface area contributed by atoms with Crippen LogP contribution in [0.15, 0.2) is 48.5 Å². The number of rotatable bonds is 4. The molecular weight excluding hydrogens is 362 g/mol. The van der Waals surface area contributed by atoms with E-state index in [-0.39, 0.29) is 17.6 Å². The summed E-state index contributed by atoms with van der Waals surface area (Å²) in [6.45, 7) is 2.85. The summed E-state index contributed by atoms with van der Waals surface area (Å²) in [7, 11) is 0. The third-order valence-corrected chi connectivity index (χ3v) is 6.11. The molecule has 0 aliphatic carbocycles. The van der Waals surface area contributed by atoms with Crippen molar-refractivity contribution in [2.75, 3.05) is 31.1 Å². The minimum absolute atomic E-state index is 0.191. The highest BCUT2D eigenvalue weighted by Crippen LogP contribution is 2.36. The summed E-state index contributed by atoms with van der Waals surface area (Å²) in [5.74, 6) is -2.09. The Hall–Kier alpha value is -2.47. The monoisotopic (exact) mass is 386 g/mol. The highest BCUT2D eigenvalue weighted by molar-refractivity contribution is 5.72. The summed E-state index contributed by atoms with van der Waals surface area (Å²) in [6, 6.07) is 13.2. The number of benzene rings is 2. The van der Waals surface area contributed by atoms with Gasteiger partial charge in [0.25, 0.3) is 0 Å². The molecule has 2 aliphatic heterocycles. The van der Waals surface area contributed by atoms with Crippen molar-refractivity contribution in [1.82, 2.24) is 4.90 Å². The van der Waals surface area contributed by atoms with Crippen LogP contribution in [0.5, 0.6) is 0 Å². The molecule has 0 unspecified atom stereocenters. The van der Waals surface area contributed by atoms with Gasteiger partial charge in [0.15, 0.2) is 0 Å². The Bertz CT molecular complexity index is 835. The molecule has 0 aromatic heterocycles. The average Bonchev–Trinajstić information content (AvgIpc) is 3.15. The molecule has 2 atom stereocenters. The number of likely N-dealkylation sites (tertiary alicyclic amines) is 1. The topological polar surface area (TPSA) is 43.8 Å². The van der Waals surface area contributed by atoms with Gasteiger partial charge >= 0.3 is 5.97 Å². The second-order valence-electron chi connectivity index (χ2n) is 7.75. The van der Waals surface area contributed by atoms with Crippen LogP contribution in [0.25, 0.3) is 0 Å². The molecule has 28 heavy (non-hydrogen) atoms. The van der Waals surface area contributed by atoms with Gasteiger partial charge in [-0.1, -0.05) is 12.1 Å². The van der Waals surface area contributed by atoms with Crippen molar-refractivity contribution in [3.8, 4) is 0 Å². The van der Waals surface area contributed by atoms with E-state index in [4.69, 9.17) is 0 Å². The number of halogens is 2. The number of nitrogens with zero attached hydrogens (tertiary/aromatic N) is 2. The van der Waals surface area contributed by atoms with E-state index in [0.717, 1.165) is 37.2 Å². The Morgan fingerprint density at radius 1 is 0.964 bits per heavy atom. The molecule has 2 aliphatic rings. The maximum Gasteiger partial charge on any atom is 0.308 e. The minimum atomic E-state index is -0.819. The molecule has 6 heteroatoms. The van der Waals surface area contributed by atoms with Gasteiger partial charge < -0.3 is 10.0 Å². The lowest BCUT2D eigenvalue weighted by molar-refractivity contribution is -0.141. The molecule has 1 N–H and O–H groups in total. The zero-order chi connectivity index (χ0) is 19.7. The summed E-state index contributed by atoms with van der Waals surface area (Å²) in [5.41, 5.74) is 1.78. The molecule has 0 bridgehead atoms. The van der Waals surface area contributed by atoms with E-state index >= 15 is 0 Å². The van der Waals surface area contributed by atoms with Crippen LogP contribution < -0.4 is 4.90 Å². The third-order valence-electron chi connectivity index (χ3n) is 6.11. The number of carboxylic acids is 1. The number of aliphatic carboxylic acids is 1. The van der Waals surface area contributed by atoms with E-state index in [2.05, 4.69) is 9.80 Å². The van der Waals surface area contributed by atoms with Gasteiger partial charge in [-0.3, -0.25) is 9.69 Å². The number of anilines is 1. The highest BCUT2D eigenvalue weighted by atomic mass is 19.1. The lowest BCUT2D eigenvalue weighted by Crippen LogP contribution is -2.44. The largest absolute Gasteiger partial charge is 0.481 e. The second-order valence-corrected chi connectivity index (χ2v) is 7.75. The smallest absolute Gasteiger partial charge is 0.308 e. The third kappa shape index (κ3) is 3.87. The lowest BCUT2D eigenvalue weighted by Gasteiger charge is -2.38. The Kier molecular flexibility index (Phi) is 5.31. The normalized spacial score (nSPS) is 23.9. The summed E-state index contributed by atoms with van der Waals surface area (Å²) >= 11 is 0. The molecule has 2 fully saturated rings. The number of carbonyl (C=O) groups is 1. The standard InChI is InChI=1S/C22H24F2N2O2/c23-16-4-6-18(7-5-16)25-10-8-19(9-11-25)26-13-20(21(14-26)22(27)28)15-2-1-3-17(24)12-15/h1-7,12,19-21H,8-11,13-14H2,(H,27,28)/t20-,21+/m0/s1.